The van der Waals surface area contributed by atoms with Crippen LogP contribution >= 0.6 is 0 Å². The number of carboxylic acid groups (broad SMARTS) is 1. The number of benzene rings is 1. The number of hydrogen-bond donors (Lipinski definition) is 2. The molecule has 0 aliphatic rings. The van der Waals surface area contributed by atoms with Gasteiger partial charge in [-0.15, -0.1) is 0 Å². The molecule has 0 amide bonds. The lowest BCUT2D eigenvalue weighted by Crippen LogP contribution is -2.59. The van der Waals surface area contributed by atoms with Crippen LogP contribution in [0.2, 0.25) is 0 Å². The fraction of sp³-hybridized carbons (Fsp3) is 0.400. The number of rotatable bonds is 7. The van der Waals surface area contributed by atoms with E-state index >= 15 is 0 Å². The fourth-order valence-corrected chi connectivity index (χ4v) is 3.62. The zero-order valence-electron chi connectivity index (χ0n) is 13.0. The van der Waals surface area contributed by atoms with E-state index in [1.807, 2.05) is 6.07 Å². The van der Waals surface area contributed by atoms with Crippen LogP contribution in [0.4, 0.5) is 0 Å². The average Bonchev–Trinajstić information content (AvgIpc) is 2.42. The van der Waals surface area contributed by atoms with Gasteiger partial charge in [0.25, 0.3) is 0 Å². The minimum atomic E-state index is -3.80. The Morgan fingerprint density at radius 1 is 1.27 bits per heavy atom. The predicted molar refractivity (Wildman–Crippen MR) is 86.4 cm³/mol. The molecule has 6 nitrogen and oxygen atoms in total. The van der Waals surface area contributed by atoms with Crippen LogP contribution in [0.15, 0.2) is 35.7 Å². The third-order valence-corrected chi connectivity index (χ3v) is 5.13. The standard InChI is InChI=1S/C15H22N2O4S/c1-17(2,3)15(16)13(11-14(18)19)22(20,21)10-9-12-7-5-4-6-8-12/h4-10,13,15H,11,16H2,1-3H3/p+1. The van der Waals surface area contributed by atoms with Gasteiger partial charge in [-0.25, -0.2) is 8.42 Å². The van der Waals surface area contributed by atoms with Gasteiger partial charge in [-0.05, 0) is 11.6 Å². The molecule has 22 heavy (non-hydrogen) atoms. The van der Waals surface area contributed by atoms with Crippen molar-refractivity contribution in [2.75, 3.05) is 21.1 Å². The van der Waals surface area contributed by atoms with Crippen LogP contribution in [0.1, 0.15) is 12.0 Å². The summed E-state index contributed by atoms with van der Waals surface area (Å²) in [6.45, 7) is 0. The van der Waals surface area contributed by atoms with E-state index in [4.69, 9.17) is 10.8 Å². The summed E-state index contributed by atoms with van der Waals surface area (Å²) in [5.41, 5.74) is 6.72. The highest BCUT2D eigenvalue weighted by Gasteiger charge is 2.39. The van der Waals surface area contributed by atoms with Gasteiger partial charge in [0.1, 0.15) is 5.25 Å². The average molecular weight is 327 g/mol. The van der Waals surface area contributed by atoms with Crippen molar-refractivity contribution in [2.24, 2.45) is 5.73 Å². The molecule has 0 aromatic heterocycles. The molecular weight excluding hydrogens is 304 g/mol. The van der Waals surface area contributed by atoms with Crippen molar-refractivity contribution in [2.45, 2.75) is 17.8 Å². The normalized spacial score (nSPS) is 15.6. The Hall–Kier alpha value is -1.70. The second-order valence-electron chi connectivity index (χ2n) is 6.05. The van der Waals surface area contributed by atoms with Crippen molar-refractivity contribution in [1.82, 2.24) is 0 Å². The van der Waals surface area contributed by atoms with Crippen molar-refractivity contribution >= 4 is 21.9 Å². The zero-order chi connectivity index (χ0) is 17.0. The largest absolute Gasteiger partial charge is 0.481 e. The first kappa shape index (κ1) is 18.3. The van der Waals surface area contributed by atoms with Crippen molar-refractivity contribution < 1.29 is 22.8 Å². The van der Waals surface area contributed by atoms with Gasteiger partial charge in [0.05, 0.1) is 27.6 Å². The smallest absolute Gasteiger partial charge is 0.304 e. The van der Waals surface area contributed by atoms with Crippen molar-refractivity contribution in [3.63, 3.8) is 0 Å². The maximum Gasteiger partial charge on any atom is 0.304 e. The van der Waals surface area contributed by atoms with Crippen LogP contribution in [-0.2, 0) is 14.6 Å². The lowest BCUT2D eigenvalue weighted by atomic mass is 10.2. The molecule has 1 aromatic rings. The quantitative estimate of drug-likeness (QED) is 0.573. The van der Waals surface area contributed by atoms with Gasteiger partial charge >= 0.3 is 5.97 Å². The first-order chi connectivity index (χ1) is 10.0. The molecule has 7 heteroatoms. The summed E-state index contributed by atoms with van der Waals surface area (Å²) in [6, 6.07) is 8.93. The summed E-state index contributed by atoms with van der Waals surface area (Å²) in [4.78, 5) is 11.0. The highest BCUT2D eigenvalue weighted by atomic mass is 32.2. The van der Waals surface area contributed by atoms with Gasteiger partial charge in [0.15, 0.2) is 16.0 Å². The Kier molecular flexibility index (Phi) is 5.87. The Bertz CT molecular complexity index is 633. The second-order valence-corrected chi connectivity index (χ2v) is 8.10. The molecule has 0 aliphatic heterocycles. The first-order valence-corrected chi connectivity index (χ1v) is 8.40. The minimum absolute atomic E-state index is 0.149. The third-order valence-electron chi connectivity index (χ3n) is 3.32. The van der Waals surface area contributed by atoms with E-state index < -0.39 is 33.6 Å². The van der Waals surface area contributed by atoms with Crippen LogP contribution in [0.3, 0.4) is 0 Å². The predicted octanol–water partition coefficient (Wildman–Crippen LogP) is 0.906. The van der Waals surface area contributed by atoms with Crippen molar-refractivity contribution in [3.05, 3.63) is 41.3 Å². The molecule has 0 spiro atoms. The Balaban J connectivity index is 3.11. The van der Waals surface area contributed by atoms with Crippen molar-refractivity contribution in [3.8, 4) is 0 Å². The number of carboxylic acids is 1. The Labute approximate surface area is 131 Å². The molecule has 0 bridgehead atoms. The highest BCUT2D eigenvalue weighted by molar-refractivity contribution is 7.95. The molecule has 3 N–H and O–H groups in total. The number of sulfone groups is 1. The molecule has 0 radical (unpaired) electrons. The third kappa shape index (κ3) is 5.25. The van der Waals surface area contributed by atoms with E-state index in [9.17, 15) is 13.2 Å². The zero-order valence-corrected chi connectivity index (χ0v) is 13.8. The van der Waals surface area contributed by atoms with Gasteiger partial charge in [-0.1, -0.05) is 30.3 Å². The highest BCUT2D eigenvalue weighted by Crippen LogP contribution is 2.18. The molecule has 0 saturated carbocycles. The molecule has 0 heterocycles. The summed E-state index contributed by atoms with van der Waals surface area (Å²) in [6.07, 6.45) is 0.0755. The van der Waals surface area contributed by atoms with Crippen LogP contribution in [0.5, 0.6) is 0 Å². The molecule has 1 rings (SSSR count). The van der Waals surface area contributed by atoms with E-state index in [-0.39, 0.29) is 4.48 Å². The maximum absolute atomic E-state index is 12.5. The van der Waals surface area contributed by atoms with Gasteiger partial charge in [-0.3, -0.25) is 10.5 Å². The topological polar surface area (TPSA) is 97.5 Å². The Morgan fingerprint density at radius 2 is 1.82 bits per heavy atom. The van der Waals surface area contributed by atoms with E-state index in [1.54, 1.807) is 45.4 Å². The van der Waals surface area contributed by atoms with Crippen LogP contribution in [-0.4, -0.2) is 56.5 Å². The summed E-state index contributed by atoms with van der Waals surface area (Å²) >= 11 is 0. The van der Waals surface area contributed by atoms with Gasteiger partial charge < -0.3 is 9.59 Å². The van der Waals surface area contributed by atoms with E-state index in [0.29, 0.717) is 0 Å². The molecule has 2 unspecified atom stereocenters. The minimum Gasteiger partial charge on any atom is -0.481 e. The van der Waals surface area contributed by atoms with Crippen LogP contribution < -0.4 is 5.73 Å². The number of aliphatic carboxylic acids is 1. The maximum atomic E-state index is 12.5. The number of hydrogen-bond acceptors (Lipinski definition) is 4. The molecule has 0 saturated heterocycles. The van der Waals surface area contributed by atoms with E-state index in [0.717, 1.165) is 11.0 Å². The van der Waals surface area contributed by atoms with Gasteiger partial charge in [-0.2, -0.15) is 0 Å². The lowest BCUT2D eigenvalue weighted by molar-refractivity contribution is -0.895. The SMILES string of the molecule is C[N+](C)(C)C(N)C(CC(=O)O)S(=O)(=O)C=Cc1ccccc1. The Morgan fingerprint density at radius 3 is 2.27 bits per heavy atom. The fourth-order valence-electron chi connectivity index (χ4n) is 1.94. The van der Waals surface area contributed by atoms with E-state index in [2.05, 4.69) is 0 Å². The summed E-state index contributed by atoms with van der Waals surface area (Å²) in [7, 11) is 1.40. The summed E-state index contributed by atoms with van der Waals surface area (Å²) in [5.74, 6) is -1.19. The molecule has 0 fully saturated rings. The first-order valence-electron chi connectivity index (χ1n) is 6.79. The number of nitrogens with zero attached hydrogens (tertiary/aromatic N) is 1. The van der Waals surface area contributed by atoms with Gasteiger partial charge in [0.2, 0.25) is 0 Å². The van der Waals surface area contributed by atoms with E-state index in [1.165, 1.54) is 6.08 Å². The summed E-state index contributed by atoms with van der Waals surface area (Å²) in [5, 5.41) is 8.85. The van der Waals surface area contributed by atoms with Gasteiger partial charge in [0, 0.05) is 5.41 Å². The molecule has 1 aromatic carbocycles. The molecule has 0 aliphatic carbocycles. The number of quaternary nitrogens is 1. The molecule has 122 valence electrons. The number of nitrogens with two attached hydrogens (primary N) is 1. The second kappa shape index (κ2) is 7.04. The molecule has 2 atom stereocenters. The number of carbonyl (C=O) groups is 1. The lowest BCUT2D eigenvalue weighted by Gasteiger charge is -2.35. The summed E-state index contributed by atoms with van der Waals surface area (Å²) < 4.78 is 25.1. The monoisotopic (exact) mass is 327 g/mol. The molecular formula is C15H23N2O4S+. The van der Waals surface area contributed by atoms with Crippen LogP contribution in [0, 0.1) is 0 Å². The van der Waals surface area contributed by atoms with Crippen molar-refractivity contribution in [1.29, 1.82) is 0 Å². The van der Waals surface area contributed by atoms with Crippen LogP contribution in [0.25, 0.3) is 6.08 Å².